The van der Waals surface area contributed by atoms with Crippen molar-refractivity contribution in [2.45, 2.75) is 51.5 Å². The molecule has 0 aliphatic heterocycles. The van der Waals surface area contributed by atoms with Gasteiger partial charge in [-0.05, 0) is 44.2 Å². The monoisotopic (exact) mass is 229 g/mol. The topological polar surface area (TPSA) is 12.0 Å². The van der Waals surface area contributed by atoms with Crippen molar-refractivity contribution >= 4 is 11.8 Å². The highest BCUT2D eigenvalue weighted by Gasteiger charge is 2.05. The van der Waals surface area contributed by atoms with Gasteiger partial charge in [0.1, 0.15) is 0 Å². The maximum atomic E-state index is 3.75. The van der Waals surface area contributed by atoms with Crippen molar-refractivity contribution < 1.29 is 0 Å². The highest BCUT2D eigenvalue weighted by molar-refractivity contribution is 7.98. The first-order valence-corrected chi connectivity index (χ1v) is 7.57. The summed E-state index contributed by atoms with van der Waals surface area (Å²) in [6.45, 7) is 7.05. The van der Waals surface area contributed by atoms with E-state index in [4.69, 9.17) is 0 Å². The van der Waals surface area contributed by atoms with Gasteiger partial charge in [-0.15, -0.1) is 6.58 Å². The Bertz CT molecular complexity index is 136. The second-order valence-corrected chi connectivity index (χ2v) is 4.95. The normalized spacial score (nSPS) is 12.7. The van der Waals surface area contributed by atoms with Crippen molar-refractivity contribution in [3.8, 4) is 0 Å². The SMILES string of the molecule is C=CCCCCCC(CCSC)NCC. The molecule has 15 heavy (non-hydrogen) atoms. The van der Waals surface area contributed by atoms with E-state index in [1.54, 1.807) is 0 Å². The number of hydrogen-bond donors (Lipinski definition) is 1. The molecule has 0 aliphatic carbocycles. The van der Waals surface area contributed by atoms with Crippen LogP contribution in [0, 0.1) is 0 Å². The van der Waals surface area contributed by atoms with Crippen molar-refractivity contribution in [2.75, 3.05) is 18.6 Å². The van der Waals surface area contributed by atoms with Crippen molar-refractivity contribution in [1.82, 2.24) is 5.32 Å². The molecule has 0 fully saturated rings. The minimum absolute atomic E-state index is 0.742. The van der Waals surface area contributed by atoms with Crippen LogP contribution in [0.1, 0.15) is 45.4 Å². The largest absolute Gasteiger partial charge is 0.314 e. The molecule has 1 atom stereocenters. The molecule has 1 unspecified atom stereocenters. The van der Waals surface area contributed by atoms with E-state index in [9.17, 15) is 0 Å². The van der Waals surface area contributed by atoms with E-state index in [1.807, 2.05) is 17.8 Å². The molecule has 0 bridgehead atoms. The molecule has 1 N–H and O–H groups in total. The van der Waals surface area contributed by atoms with E-state index in [0.717, 1.165) is 12.6 Å². The summed E-state index contributed by atoms with van der Waals surface area (Å²) in [6, 6.07) is 0.742. The number of thioether (sulfide) groups is 1. The van der Waals surface area contributed by atoms with Crippen LogP contribution in [0.3, 0.4) is 0 Å². The van der Waals surface area contributed by atoms with Gasteiger partial charge in [0.2, 0.25) is 0 Å². The van der Waals surface area contributed by atoms with Gasteiger partial charge in [0.15, 0.2) is 0 Å². The van der Waals surface area contributed by atoms with Crippen LogP contribution in [0.5, 0.6) is 0 Å². The van der Waals surface area contributed by atoms with Gasteiger partial charge in [-0.25, -0.2) is 0 Å². The summed E-state index contributed by atoms with van der Waals surface area (Å²) in [5.74, 6) is 1.28. The van der Waals surface area contributed by atoms with Crippen molar-refractivity contribution in [2.24, 2.45) is 0 Å². The molecule has 0 amide bonds. The molecule has 90 valence electrons. The quantitative estimate of drug-likeness (QED) is 0.426. The summed E-state index contributed by atoms with van der Waals surface area (Å²) < 4.78 is 0. The van der Waals surface area contributed by atoms with Gasteiger partial charge >= 0.3 is 0 Å². The number of hydrogen-bond acceptors (Lipinski definition) is 2. The first kappa shape index (κ1) is 15.0. The lowest BCUT2D eigenvalue weighted by molar-refractivity contribution is 0.459. The molecule has 0 spiro atoms. The fourth-order valence-corrected chi connectivity index (χ4v) is 2.27. The summed E-state index contributed by atoms with van der Waals surface area (Å²) in [4.78, 5) is 0. The third kappa shape index (κ3) is 10.3. The van der Waals surface area contributed by atoms with E-state index in [-0.39, 0.29) is 0 Å². The van der Waals surface area contributed by atoms with E-state index in [1.165, 1.54) is 44.3 Å². The van der Waals surface area contributed by atoms with Crippen LogP contribution in [0.15, 0.2) is 12.7 Å². The molecule has 0 aromatic heterocycles. The van der Waals surface area contributed by atoms with Crippen LogP contribution >= 0.6 is 11.8 Å². The Hall–Kier alpha value is 0.0500. The van der Waals surface area contributed by atoms with Crippen LogP contribution in [0.2, 0.25) is 0 Å². The number of nitrogens with one attached hydrogen (secondary N) is 1. The predicted molar refractivity (Wildman–Crippen MR) is 73.7 cm³/mol. The summed E-state index contributed by atoms with van der Waals surface area (Å²) in [6.07, 6.45) is 12.1. The van der Waals surface area contributed by atoms with Gasteiger partial charge in [-0.3, -0.25) is 0 Å². The zero-order chi connectivity index (χ0) is 11.4. The molecular weight excluding hydrogens is 202 g/mol. The average molecular weight is 229 g/mol. The lowest BCUT2D eigenvalue weighted by atomic mass is 10.1. The third-order valence-electron chi connectivity index (χ3n) is 2.62. The Morgan fingerprint density at radius 3 is 2.67 bits per heavy atom. The molecule has 0 saturated heterocycles. The Morgan fingerprint density at radius 2 is 2.07 bits per heavy atom. The Kier molecular flexibility index (Phi) is 12.2. The molecule has 0 heterocycles. The van der Waals surface area contributed by atoms with Crippen LogP contribution in [0.25, 0.3) is 0 Å². The van der Waals surface area contributed by atoms with Gasteiger partial charge in [-0.1, -0.05) is 25.8 Å². The lowest BCUT2D eigenvalue weighted by Gasteiger charge is -2.17. The Balaban J connectivity index is 3.42. The van der Waals surface area contributed by atoms with Crippen molar-refractivity contribution in [1.29, 1.82) is 0 Å². The number of allylic oxidation sites excluding steroid dienone is 1. The highest BCUT2D eigenvalue weighted by Crippen LogP contribution is 2.10. The maximum Gasteiger partial charge on any atom is 0.00748 e. The van der Waals surface area contributed by atoms with E-state index < -0.39 is 0 Å². The highest BCUT2D eigenvalue weighted by atomic mass is 32.2. The summed E-state index contributed by atoms with van der Waals surface area (Å²) in [5.41, 5.74) is 0. The molecule has 0 saturated carbocycles. The minimum atomic E-state index is 0.742. The molecular formula is C13H27NS. The second kappa shape index (κ2) is 12.1. The Morgan fingerprint density at radius 1 is 1.27 bits per heavy atom. The van der Waals surface area contributed by atoms with E-state index >= 15 is 0 Å². The number of rotatable bonds is 11. The van der Waals surface area contributed by atoms with Gasteiger partial charge in [0.05, 0.1) is 0 Å². The molecule has 2 heteroatoms. The molecule has 1 nitrogen and oxygen atoms in total. The first-order valence-electron chi connectivity index (χ1n) is 6.18. The standard InChI is InChI=1S/C13H27NS/c1-4-6-7-8-9-10-13(14-5-2)11-12-15-3/h4,13-14H,1,5-12H2,2-3H3. The summed E-state index contributed by atoms with van der Waals surface area (Å²) in [7, 11) is 0. The fourth-order valence-electron chi connectivity index (χ4n) is 1.75. The number of unbranched alkanes of at least 4 members (excludes halogenated alkanes) is 3. The van der Waals surface area contributed by atoms with E-state index in [2.05, 4.69) is 25.1 Å². The van der Waals surface area contributed by atoms with Gasteiger partial charge in [0, 0.05) is 6.04 Å². The zero-order valence-electron chi connectivity index (χ0n) is 10.4. The summed E-state index contributed by atoms with van der Waals surface area (Å²) in [5, 5.41) is 3.57. The van der Waals surface area contributed by atoms with Gasteiger partial charge < -0.3 is 5.32 Å². The predicted octanol–water partition coefficient (Wildman–Crippen LogP) is 3.85. The summed E-state index contributed by atoms with van der Waals surface area (Å²) >= 11 is 1.95. The molecule has 0 radical (unpaired) electrons. The molecule has 0 aliphatic rings. The van der Waals surface area contributed by atoms with Gasteiger partial charge in [-0.2, -0.15) is 11.8 Å². The third-order valence-corrected chi connectivity index (χ3v) is 3.27. The molecule has 0 rings (SSSR count). The lowest BCUT2D eigenvalue weighted by Crippen LogP contribution is -2.29. The van der Waals surface area contributed by atoms with Crippen molar-refractivity contribution in [3.63, 3.8) is 0 Å². The van der Waals surface area contributed by atoms with Crippen molar-refractivity contribution in [3.05, 3.63) is 12.7 Å². The van der Waals surface area contributed by atoms with E-state index in [0.29, 0.717) is 0 Å². The van der Waals surface area contributed by atoms with Crippen LogP contribution in [0.4, 0.5) is 0 Å². The van der Waals surface area contributed by atoms with Crippen LogP contribution < -0.4 is 5.32 Å². The van der Waals surface area contributed by atoms with Crippen LogP contribution in [-0.2, 0) is 0 Å². The van der Waals surface area contributed by atoms with Gasteiger partial charge in [0.25, 0.3) is 0 Å². The minimum Gasteiger partial charge on any atom is -0.314 e. The zero-order valence-corrected chi connectivity index (χ0v) is 11.2. The maximum absolute atomic E-state index is 3.75. The fraction of sp³-hybridized carbons (Fsp3) is 0.846. The average Bonchev–Trinajstić information content (AvgIpc) is 2.25. The Labute approximate surface area is 100 Å². The molecule has 0 aromatic carbocycles. The molecule has 0 aromatic rings. The second-order valence-electron chi connectivity index (χ2n) is 3.96. The van der Waals surface area contributed by atoms with Crippen LogP contribution in [-0.4, -0.2) is 24.6 Å². The smallest absolute Gasteiger partial charge is 0.00748 e. The first-order chi connectivity index (χ1) is 7.35.